The summed E-state index contributed by atoms with van der Waals surface area (Å²) in [5.74, 6) is 0. The number of hydrogen-bond acceptors (Lipinski definition) is 3. The highest BCUT2D eigenvalue weighted by molar-refractivity contribution is 5.68. The number of nitrogens with zero attached hydrogens (tertiary/aromatic N) is 1. The lowest BCUT2D eigenvalue weighted by atomic mass is 9.98. The van der Waals surface area contributed by atoms with Crippen LogP contribution in [0, 0.1) is 0 Å². The number of nitrogens with one attached hydrogen (secondary N) is 2. The molecule has 5 nitrogen and oxygen atoms in total. The summed E-state index contributed by atoms with van der Waals surface area (Å²) in [4.78, 5) is 17.6. The lowest BCUT2D eigenvalue weighted by Gasteiger charge is -2.34. The number of rotatable bonds is 1. The summed E-state index contributed by atoms with van der Waals surface area (Å²) >= 11 is 0. The third-order valence-electron chi connectivity index (χ3n) is 4.34. The molecule has 3 rings (SSSR count). The summed E-state index contributed by atoms with van der Waals surface area (Å²) in [7, 11) is 0. The molecular formula is C17H27N3O2. The van der Waals surface area contributed by atoms with E-state index in [-0.39, 0.29) is 12.1 Å². The monoisotopic (exact) mass is 305 g/mol. The SMILES string of the molecule is CC(C)(C)OC(=O)N1CCNC(c2cc3c([nH]2)CCCC3)C1. The lowest BCUT2D eigenvalue weighted by Crippen LogP contribution is -2.49. The van der Waals surface area contributed by atoms with Crippen molar-refractivity contribution in [2.24, 2.45) is 0 Å². The number of aryl methyl sites for hydroxylation is 2. The first-order valence-electron chi connectivity index (χ1n) is 8.34. The molecule has 0 bridgehead atoms. The van der Waals surface area contributed by atoms with E-state index in [2.05, 4.69) is 16.4 Å². The van der Waals surface area contributed by atoms with Crippen LogP contribution >= 0.6 is 0 Å². The van der Waals surface area contributed by atoms with Crippen LogP contribution in [0.15, 0.2) is 6.07 Å². The van der Waals surface area contributed by atoms with Gasteiger partial charge in [-0.3, -0.25) is 0 Å². The zero-order chi connectivity index (χ0) is 15.7. The van der Waals surface area contributed by atoms with Crippen molar-refractivity contribution >= 4 is 6.09 Å². The summed E-state index contributed by atoms with van der Waals surface area (Å²) < 4.78 is 5.49. The van der Waals surface area contributed by atoms with Crippen LogP contribution in [0.5, 0.6) is 0 Å². The maximum atomic E-state index is 12.3. The first-order valence-corrected chi connectivity index (χ1v) is 8.34. The molecule has 5 heteroatoms. The number of aromatic amines is 1. The van der Waals surface area contributed by atoms with Crippen LogP contribution in [0.3, 0.4) is 0 Å². The predicted molar refractivity (Wildman–Crippen MR) is 86.0 cm³/mol. The van der Waals surface area contributed by atoms with Gasteiger partial charge in [0, 0.05) is 31.0 Å². The molecule has 22 heavy (non-hydrogen) atoms. The van der Waals surface area contributed by atoms with E-state index in [0.717, 1.165) is 13.0 Å². The number of amides is 1. The van der Waals surface area contributed by atoms with Crippen LogP contribution in [0.1, 0.15) is 56.6 Å². The minimum Gasteiger partial charge on any atom is -0.444 e. The van der Waals surface area contributed by atoms with Crippen molar-refractivity contribution in [2.45, 2.75) is 58.1 Å². The quantitative estimate of drug-likeness (QED) is 0.839. The second-order valence-corrected chi connectivity index (χ2v) is 7.37. The maximum Gasteiger partial charge on any atom is 0.410 e. The molecule has 0 radical (unpaired) electrons. The molecule has 1 aliphatic heterocycles. The average Bonchev–Trinajstić information content (AvgIpc) is 2.89. The van der Waals surface area contributed by atoms with E-state index >= 15 is 0 Å². The topological polar surface area (TPSA) is 57.4 Å². The highest BCUT2D eigenvalue weighted by atomic mass is 16.6. The molecule has 2 aliphatic rings. The summed E-state index contributed by atoms with van der Waals surface area (Å²) in [5, 5.41) is 3.51. The Morgan fingerprint density at radius 2 is 2.09 bits per heavy atom. The van der Waals surface area contributed by atoms with Crippen molar-refractivity contribution in [3.8, 4) is 0 Å². The first-order chi connectivity index (χ1) is 10.4. The Morgan fingerprint density at radius 1 is 1.32 bits per heavy atom. The number of hydrogen-bond donors (Lipinski definition) is 2. The summed E-state index contributed by atoms with van der Waals surface area (Å²) in [6.07, 6.45) is 4.67. The highest BCUT2D eigenvalue weighted by Gasteiger charge is 2.29. The van der Waals surface area contributed by atoms with E-state index in [9.17, 15) is 4.79 Å². The number of carbonyl (C=O) groups excluding carboxylic acids is 1. The fourth-order valence-corrected chi connectivity index (χ4v) is 3.27. The van der Waals surface area contributed by atoms with E-state index < -0.39 is 5.60 Å². The van der Waals surface area contributed by atoms with E-state index in [0.29, 0.717) is 13.1 Å². The van der Waals surface area contributed by atoms with Crippen LogP contribution in [0.2, 0.25) is 0 Å². The van der Waals surface area contributed by atoms with Gasteiger partial charge in [0.1, 0.15) is 5.60 Å². The zero-order valence-electron chi connectivity index (χ0n) is 13.9. The number of H-pyrrole nitrogens is 1. The van der Waals surface area contributed by atoms with Gasteiger partial charge in [-0.05, 0) is 58.1 Å². The Bertz CT molecular complexity index is 521. The molecule has 0 saturated carbocycles. The largest absolute Gasteiger partial charge is 0.444 e. The van der Waals surface area contributed by atoms with Crippen molar-refractivity contribution in [2.75, 3.05) is 19.6 Å². The van der Waals surface area contributed by atoms with Gasteiger partial charge in [0.2, 0.25) is 0 Å². The Balaban J connectivity index is 1.68. The van der Waals surface area contributed by atoms with E-state index in [1.807, 2.05) is 25.7 Å². The molecule has 1 unspecified atom stereocenters. The van der Waals surface area contributed by atoms with Gasteiger partial charge in [-0.1, -0.05) is 0 Å². The molecule has 122 valence electrons. The Labute approximate surface area is 132 Å². The molecule has 1 fully saturated rings. The van der Waals surface area contributed by atoms with Crippen molar-refractivity contribution in [3.05, 3.63) is 23.0 Å². The summed E-state index contributed by atoms with van der Waals surface area (Å²) in [6.45, 7) is 7.88. The molecule has 0 spiro atoms. The molecule has 2 heterocycles. The first kappa shape index (κ1) is 15.4. The minimum atomic E-state index is -0.441. The number of aromatic nitrogens is 1. The second kappa shape index (κ2) is 5.95. The predicted octanol–water partition coefficient (Wildman–Crippen LogP) is 2.77. The second-order valence-electron chi connectivity index (χ2n) is 7.37. The van der Waals surface area contributed by atoms with Gasteiger partial charge in [0.05, 0.1) is 6.04 Å². The van der Waals surface area contributed by atoms with Gasteiger partial charge >= 0.3 is 6.09 Å². The fourth-order valence-electron chi connectivity index (χ4n) is 3.27. The van der Waals surface area contributed by atoms with Gasteiger partial charge in [0.15, 0.2) is 0 Å². The molecule has 1 aliphatic carbocycles. The molecule has 1 aromatic heterocycles. The van der Waals surface area contributed by atoms with Crippen LogP contribution < -0.4 is 5.32 Å². The Morgan fingerprint density at radius 3 is 2.82 bits per heavy atom. The molecule has 1 amide bonds. The van der Waals surface area contributed by atoms with Crippen LogP contribution in [-0.4, -0.2) is 41.2 Å². The molecular weight excluding hydrogens is 278 g/mol. The Kier molecular flexibility index (Phi) is 4.17. The zero-order valence-corrected chi connectivity index (χ0v) is 13.9. The average molecular weight is 305 g/mol. The van der Waals surface area contributed by atoms with Crippen molar-refractivity contribution in [1.82, 2.24) is 15.2 Å². The maximum absolute atomic E-state index is 12.3. The molecule has 2 N–H and O–H groups in total. The van der Waals surface area contributed by atoms with E-state index in [4.69, 9.17) is 4.74 Å². The smallest absolute Gasteiger partial charge is 0.410 e. The van der Waals surface area contributed by atoms with Crippen molar-refractivity contribution in [3.63, 3.8) is 0 Å². The standard InChI is InChI=1S/C17H27N3O2/c1-17(2,3)22-16(21)20-9-8-18-15(11-20)14-10-12-6-4-5-7-13(12)19-14/h10,15,18-19H,4-9,11H2,1-3H3. The van der Waals surface area contributed by atoms with Crippen LogP contribution in [0.25, 0.3) is 0 Å². The number of carbonyl (C=O) groups is 1. The van der Waals surface area contributed by atoms with Crippen LogP contribution in [0.4, 0.5) is 4.79 Å². The van der Waals surface area contributed by atoms with Gasteiger partial charge < -0.3 is 19.9 Å². The normalized spacial score (nSPS) is 22.3. The van der Waals surface area contributed by atoms with Gasteiger partial charge in [0.25, 0.3) is 0 Å². The summed E-state index contributed by atoms with van der Waals surface area (Å²) in [6, 6.07) is 2.46. The van der Waals surface area contributed by atoms with Crippen molar-refractivity contribution < 1.29 is 9.53 Å². The van der Waals surface area contributed by atoms with E-state index in [1.54, 1.807) is 0 Å². The molecule has 0 aromatic carbocycles. The molecule has 1 saturated heterocycles. The van der Waals surface area contributed by atoms with Gasteiger partial charge in [-0.15, -0.1) is 0 Å². The number of fused-ring (bicyclic) bond motifs is 1. The minimum absolute atomic E-state index is 0.173. The highest BCUT2D eigenvalue weighted by Crippen LogP contribution is 2.26. The molecule has 1 aromatic rings. The summed E-state index contributed by atoms with van der Waals surface area (Å²) in [5.41, 5.74) is 3.61. The van der Waals surface area contributed by atoms with Crippen LogP contribution in [-0.2, 0) is 17.6 Å². The van der Waals surface area contributed by atoms with Gasteiger partial charge in [-0.25, -0.2) is 4.79 Å². The third-order valence-corrected chi connectivity index (χ3v) is 4.34. The fraction of sp³-hybridized carbons (Fsp3) is 0.706. The third kappa shape index (κ3) is 3.46. The Hall–Kier alpha value is -1.49. The lowest BCUT2D eigenvalue weighted by molar-refractivity contribution is 0.0194. The van der Waals surface area contributed by atoms with Gasteiger partial charge in [-0.2, -0.15) is 0 Å². The number of ether oxygens (including phenoxy) is 1. The molecule has 1 atom stereocenters. The van der Waals surface area contributed by atoms with E-state index in [1.165, 1.54) is 36.2 Å². The van der Waals surface area contributed by atoms with Crippen molar-refractivity contribution in [1.29, 1.82) is 0 Å². The number of piperazine rings is 1.